The van der Waals surface area contributed by atoms with E-state index < -0.39 is 6.04 Å². The van der Waals surface area contributed by atoms with Crippen molar-refractivity contribution in [3.8, 4) is 0 Å². The zero-order chi connectivity index (χ0) is 18.2. The lowest BCUT2D eigenvalue weighted by atomic mass is 9.96. The first kappa shape index (κ1) is 18.5. The van der Waals surface area contributed by atoms with Crippen LogP contribution in [0, 0.1) is 0 Å². The monoisotopic (exact) mass is 349 g/mol. The zero-order valence-corrected chi connectivity index (χ0v) is 15.1. The lowest BCUT2D eigenvalue weighted by Crippen LogP contribution is -2.58. The van der Waals surface area contributed by atoms with Crippen molar-refractivity contribution >= 4 is 11.9 Å². The predicted octanol–water partition coefficient (Wildman–Crippen LogP) is 2.11. The molecule has 0 aliphatic carbocycles. The average Bonchev–Trinajstić information content (AvgIpc) is 2.69. The molecule has 2 aromatic rings. The Morgan fingerprint density at radius 1 is 1.15 bits per heavy atom. The van der Waals surface area contributed by atoms with Crippen molar-refractivity contribution in [2.24, 2.45) is 5.73 Å². The normalized spacial score (nSPS) is 19.5. The van der Waals surface area contributed by atoms with Crippen LogP contribution in [-0.2, 0) is 11.2 Å². The molecule has 1 aliphatic rings. The topological polar surface area (TPSA) is 58.4 Å². The summed E-state index contributed by atoms with van der Waals surface area (Å²) in [7, 11) is 0. The van der Waals surface area contributed by atoms with E-state index in [1.165, 1.54) is 5.56 Å². The van der Waals surface area contributed by atoms with Crippen LogP contribution >= 0.6 is 0 Å². The number of rotatable bonds is 7. The maximum absolute atomic E-state index is 12.9. The molecule has 1 fully saturated rings. The molecule has 1 saturated heterocycles. The van der Waals surface area contributed by atoms with Gasteiger partial charge in [-0.05, 0) is 17.5 Å². The van der Waals surface area contributed by atoms with E-state index in [1.54, 1.807) is 0 Å². The van der Waals surface area contributed by atoms with Crippen molar-refractivity contribution in [2.45, 2.75) is 18.5 Å². The van der Waals surface area contributed by atoms with Gasteiger partial charge in [0.05, 0.1) is 12.1 Å². The van der Waals surface area contributed by atoms with Gasteiger partial charge in [0.15, 0.2) is 5.78 Å². The van der Waals surface area contributed by atoms with Gasteiger partial charge in [-0.3, -0.25) is 9.69 Å². The van der Waals surface area contributed by atoms with Crippen molar-refractivity contribution < 1.29 is 4.79 Å². The summed E-state index contributed by atoms with van der Waals surface area (Å²) in [6.45, 7) is 3.18. The van der Waals surface area contributed by atoms with Crippen LogP contribution in [0.3, 0.4) is 0 Å². The third kappa shape index (κ3) is 5.11. The number of hydrogen-bond donors (Lipinski definition) is 2. The Bertz CT molecular complexity index is 715. The fraction of sp³-hybridized carbons (Fsp3) is 0.318. The van der Waals surface area contributed by atoms with Gasteiger partial charge in [-0.15, -0.1) is 0 Å². The van der Waals surface area contributed by atoms with Gasteiger partial charge in [0.25, 0.3) is 0 Å². The van der Waals surface area contributed by atoms with Crippen molar-refractivity contribution in [1.82, 2.24) is 10.2 Å². The van der Waals surface area contributed by atoms with E-state index in [2.05, 4.69) is 34.5 Å². The molecule has 0 amide bonds. The van der Waals surface area contributed by atoms with Crippen LogP contribution in [0.15, 0.2) is 66.7 Å². The summed E-state index contributed by atoms with van der Waals surface area (Å²) in [4.78, 5) is 15.1. The Balaban J connectivity index is 1.60. The minimum absolute atomic E-state index is 0.120. The SMILES string of the molecule is NC(Cc1ccccc1)C(=O)C1CNCCN1C/C=C/c1ccccc1. The van der Waals surface area contributed by atoms with Crippen molar-refractivity contribution in [1.29, 1.82) is 0 Å². The van der Waals surface area contributed by atoms with Gasteiger partial charge < -0.3 is 11.1 Å². The highest BCUT2D eigenvalue weighted by molar-refractivity contribution is 5.89. The highest BCUT2D eigenvalue weighted by Crippen LogP contribution is 2.11. The number of hydrogen-bond acceptors (Lipinski definition) is 4. The maximum Gasteiger partial charge on any atom is 0.168 e. The van der Waals surface area contributed by atoms with Crippen LogP contribution in [0.5, 0.6) is 0 Å². The van der Waals surface area contributed by atoms with Crippen LogP contribution < -0.4 is 11.1 Å². The number of nitrogens with one attached hydrogen (secondary N) is 1. The molecule has 2 aromatic carbocycles. The second kappa shape index (κ2) is 9.43. The van der Waals surface area contributed by atoms with Crippen molar-refractivity contribution in [3.63, 3.8) is 0 Å². The number of carbonyl (C=O) groups is 1. The number of Topliss-reactive ketones (excluding diaryl/α,β-unsaturated/α-hetero) is 1. The van der Waals surface area contributed by atoms with E-state index in [-0.39, 0.29) is 11.8 Å². The largest absolute Gasteiger partial charge is 0.321 e. The minimum Gasteiger partial charge on any atom is -0.321 e. The lowest BCUT2D eigenvalue weighted by Gasteiger charge is -2.35. The highest BCUT2D eigenvalue weighted by atomic mass is 16.1. The fourth-order valence-electron chi connectivity index (χ4n) is 3.35. The number of piperazine rings is 1. The van der Waals surface area contributed by atoms with E-state index in [4.69, 9.17) is 5.73 Å². The first-order valence-electron chi connectivity index (χ1n) is 9.23. The molecule has 4 nitrogen and oxygen atoms in total. The molecular formula is C22H27N3O. The highest BCUT2D eigenvalue weighted by Gasteiger charge is 2.31. The standard InChI is InChI=1S/C22H27N3O/c23-20(16-19-10-5-2-6-11-19)22(26)21-17-24-13-15-25(21)14-7-12-18-8-3-1-4-9-18/h1-12,20-21,24H,13-17,23H2/b12-7+. The summed E-state index contributed by atoms with van der Waals surface area (Å²) < 4.78 is 0. The summed E-state index contributed by atoms with van der Waals surface area (Å²) in [6, 6.07) is 19.6. The molecule has 1 aliphatic heterocycles. The molecule has 3 N–H and O–H groups in total. The van der Waals surface area contributed by atoms with Gasteiger partial charge in [0.2, 0.25) is 0 Å². The quantitative estimate of drug-likeness (QED) is 0.804. The van der Waals surface area contributed by atoms with Crippen LogP contribution in [-0.4, -0.2) is 48.9 Å². The molecule has 0 radical (unpaired) electrons. The number of benzene rings is 2. The lowest BCUT2D eigenvalue weighted by molar-refractivity contribution is -0.125. The molecule has 0 spiro atoms. The Hall–Kier alpha value is -2.27. The zero-order valence-electron chi connectivity index (χ0n) is 15.1. The Morgan fingerprint density at radius 3 is 2.58 bits per heavy atom. The van der Waals surface area contributed by atoms with Crippen LogP contribution in [0.4, 0.5) is 0 Å². The molecule has 0 bridgehead atoms. The minimum atomic E-state index is -0.470. The van der Waals surface area contributed by atoms with E-state index in [0.29, 0.717) is 13.0 Å². The van der Waals surface area contributed by atoms with E-state index in [9.17, 15) is 4.79 Å². The van der Waals surface area contributed by atoms with Crippen molar-refractivity contribution in [2.75, 3.05) is 26.2 Å². The molecule has 3 rings (SSSR count). The second-order valence-electron chi connectivity index (χ2n) is 6.73. The molecule has 2 unspecified atom stereocenters. The summed E-state index contributed by atoms with van der Waals surface area (Å²) in [5, 5.41) is 3.33. The molecular weight excluding hydrogens is 322 g/mol. The van der Waals surface area contributed by atoms with Crippen LogP contribution in [0.25, 0.3) is 6.08 Å². The Labute approximate surface area is 155 Å². The molecule has 1 heterocycles. The third-order valence-corrected chi connectivity index (χ3v) is 4.80. The summed E-state index contributed by atoms with van der Waals surface area (Å²) in [5.41, 5.74) is 8.52. The molecule has 136 valence electrons. The third-order valence-electron chi connectivity index (χ3n) is 4.80. The van der Waals surface area contributed by atoms with E-state index in [1.807, 2.05) is 48.5 Å². The van der Waals surface area contributed by atoms with Crippen LogP contribution in [0.2, 0.25) is 0 Å². The Kier molecular flexibility index (Phi) is 6.72. The summed E-state index contributed by atoms with van der Waals surface area (Å²) in [5.74, 6) is 0.120. The van der Waals surface area contributed by atoms with Gasteiger partial charge in [0.1, 0.15) is 0 Å². The second-order valence-corrected chi connectivity index (χ2v) is 6.73. The van der Waals surface area contributed by atoms with Gasteiger partial charge >= 0.3 is 0 Å². The maximum atomic E-state index is 12.9. The van der Waals surface area contributed by atoms with Gasteiger partial charge in [-0.1, -0.05) is 72.8 Å². The molecule has 0 aromatic heterocycles. The smallest absolute Gasteiger partial charge is 0.168 e. The fourth-order valence-corrected chi connectivity index (χ4v) is 3.35. The number of nitrogens with two attached hydrogens (primary N) is 1. The van der Waals surface area contributed by atoms with Gasteiger partial charge in [-0.2, -0.15) is 0 Å². The van der Waals surface area contributed by atoms with Crippen molar-refractivity contribution in [3.05, 3.63) is 77.9 Å². The summed E-state index contributed by atoms with van der Waals surface area (Å²) >= 11 is 0. The number of nitrogens with zero attached hydrogens (tertiary/aromatic N) is 1. The molecule has 4 heteroatoms. The Morgan fingerprint density at radius 2 is 1.85 bits per heavy atom. The van der Waals surface area contributed by atoms with Gasteiger partial charge in [-0.25, -0.2) is 0 Å². The number of carbonyl (C=O) groups excluding carboxylic acids is 1. The molecule has 2 atom stereocenters. The average molecular weight is 349 g/mol. The summed E-state index contributed by atoms with van der Waals surface area (Å²) in [6.07, 6.45) is 4.82. The van der Waals surface area contributed by atoms with E-state index in [0.717, 1.165) is 25.2 Å². The predicted molar refractivity (Wildman–Crippen MR) is 107 cm³/mol. The number of ketones is 1. The van der Waals surface area contributed by atoms with Crippen LogP contribution in [0.1, 0.15) is 11.1 Å². The van der Waals surface area contributed by atoms with Gasteiger partial charge in [0, 0.05) is 26.2 Å². The molecule has 0 saturated carbocycles. The van der Waals surface area contributed by atoms with E-state index >= 15 is 0 Å². The first-order valence-corrected chi connectivity index (χ1v) is 9.23. The first-order chi connectivity index (χ1) is 12.7. The molecule has 26 heavy (non-hydrogen) atoms.